The van der Waals surface area contributed by atoms with Crippen molar-refractivity contribution >= 4 is 50.9 Å². The first-order valence-corrected chi connectivity index (χ1v) is 8.33. The monoisotopic (exact) mass is 405 g/mol. The zero-order valence-corrected chi connectivity index (χ0v) is 14.6. The Labute approximate surface area is 144 Å². The van der Waals surface area contributed by atoms with Crippen LogP contribution in [0.5, 0.6) is 0 Å². The molecule has 7 heteroatoms. The van der Waals surface area contributed by atoms with Gasteiger partial charge in [0, 0.05) is 16.4 Å². The lowest BCUT2D eigenvalue weighted by atomic mass is 10.3. The Balaban J connectivity index is 2.03. The number of nitrogens with zero attached hydrogens (tertiary/aromatic N) is 1. The Morgan fingerprint density at radius 2 is 1.95 bits per heavy atom. The van der Waals surface area contributed by atoms with E-state index in [0.717, 1.165) is 28.4 Å². The molecule has 2 rings (SSSR count). The van der Waals surface area contributed by atoms with Gasteiger partial charge in [0.15, 0.2) is 11.6 Å². The summed E-state index contributed by atoms with van der Waals surface area (Å²) in [7, 11) is 1.61. The van der Waals surface area contributed by atoms with E-state index in [2.05, 4.69) is 15.9 Å². The molecule has 0 radical (unpaired) electrons. The first kappa shape index (κ1) is 17.2. The average Bonchev–Trinajstić information content (AvgIpc) is 2.47. The third kappa shape index (κ3) is 4.21. The van der Waals surface area contributed by atoms with Crippen LogP contribution in [0.25, 0.3) is 0 Å². The van der Waals surface area contributed by atoms with Gasteiger partial charge in [0.1, 0.15) is 0 Å². The van der Waals surface area contributed by atoms with E-state index >= 15 is 0 Å². The molecule has 0 saturated carbocycles. The number of rotatable bonds is 4. The van der Waals surface area contributed by atoms with E-state index < -0.39 is 11.6 Å². The molecule has 22 heavy (non-hydrogen) atoms. The van der Waals surface area contributed by atoms with Crippen molar-refractivity contribution in [2.45, 2.75) is 4.90 Å². The Morgan fingerprint density at radius 1 is 1.23 bits per heavy atom. The molecule has 1 amide bonds. The number of anilines is 1. The fourth-order valence-corrected chi connectivity index (χ4v) is 3.33. The molecule has 2 aromatic rings. The van der Waals surface area contributed by atoms with E-state index in [1.54, 1.807) is 25.2 Å². The second kappa shape index (κ2) is 7.44. The highest BCUT2D eigenvalue weighted by atomic mass is 79.9. The number of amides is 1. The van der Waals surface area contributed by atoms with Crippen molar-refractivity contribution in [3.63, 3.8) is 0 Å². The van der Waals surface area contributed by atoms with E-state index in [4.69, 9.17) is 11.6 Å². The molecule has 0 bridgehead atoms. The molecule has 0 unspecified atom stereocenters. The van der Waals surface area contributed by atoms with Crippen molar-refractivity contribution < 1.29 is 13.6 Å². The molecule has 0 saturated heterocycles. The minimum atomic E-state index is -0.929. The van der Waals surface area contributed by atoms with Crippen molar-refractivity contribution in [3.8, 4) is 0 Å². The third-order valence-electron chi connectivity index (χ3n) is 2.90. The average molecular weight is 407 g/mol. The molecule has 0 aliphatic heterocycles. The van der Waals surface area contributed by atoms with E-state index in [0.29, 0.717) is 15.6 Å². The molecular weight excluding hydrogens is 396 g/mol. The van der Waals surface area contributed by atoms with Gasteiger partial charge in [0.25, 0.3) is 0 Å². The van der Waals surface area contributed by atoms with Gasteiger partial charge in [-0.05, 0) is 36.4 Å². The number of hydrogen-bond donors (Lipinski definition) is 0. The molecule has 0 atom stereocenters. The predicted octanol–water partition coefficient (Wildman–Crippen LogP) is 5.14. The summed E-state index contributed by atoms with van der Waals surface area (Å²) in [4.78, 5) is 14.1. The summed E-state index contributed by atoms with van der Waals surface area (Å²) < 4.78 is 26.8. The second-order valence-electron chi connectivity index (χ2n) is 4.41. The quantitative estimate of drug-likeness (QED) is 0.656. The first-order chi connectivity index (χ1) is 10.4. The number of carbonyl (C=O) groups excluding carboxylic acids is 1. The lowest BCUT2D eigenvalue weighted by Crippen LogP contribution is -2.28. The molecule has 0 heterocycles. The summed E-state index contributed by atoms with van der Waals surface area (Å²) in [6, 6.07) is 8.75. The predicted molar refractivity (Wildman–Crippen MR) is 89.6 cm³/mol. The van der Waals surface area contributed by atoms with E-state index in [-0.39, 0.29) is 11.7 Å². The van der Waals surface area contributed by atoms with Crippen molar-refractivity contribution in [3.05, 3.63) is 57.5 Å². The van der Waals surface area contributed by atoms with Gasteiger partial charge >= 0.3 is 0 Å². The maximum absolute atomic E-state index is 13.1. The highest BCUT2D eigenvalue weighted by Crippen LogP contribution is 2.29. The number of thioether (sulfide) groups is 1. The number of halogens is 4. The minimum absolute atomic E-state index is 0.0912. The molecular formula is C15H11BrClF2NOS. The summed E-state index contributed by atoms with van der Waals surface area (Å²) in [6.45, 7) is 0. The minimum Gasteiger partial charge on any atom is -0.313 e. The molecule has 0 fully saturated rings. The van der Waals surface area contributed by atoms with Crippen LogP contribution in [0.15, 0.2) is 45.8 Å². The summed E-state index contributed by atoms with van der Waals surface area (Å²) in [6.07, 6.45) is 0. The maximum atomic E-state index is 13.1. The van der Waals surface area contributed by atoms with Crippen molar-refractivity contribution in [1.29, 1.82) is 0 Å². The molecule has 0 aromatic heterocycles. The lowest BCUT2D eigenvalue weighted by molar-refractivity contribution is -0.115. The normalized spacial score (nSPS) is 10.6. The van der Waals surface area contributed by atoms with Gasteiger partial charge in [-0.1, -0.05) is 27.5 Å². The molecule has 0 aliphatic carbocycles. The highest BCUT2D eigenvalue weighted by molar-refractivity contribution is 9.10. The summed E-state index contributed by atoms with van der Waals surface area (Å²) >= 11 is 10.5. The van der Waals surface area contributed by atoms with Crippen molar-refractivity contribution in [2.75, 3.05) is 17.7 Å². The molecule has 0 N–H and O–H groups in total. The second-order valence-corrected chi connectivity index (χ2v) is 6.78. The highest BCUT2D eigenvalue weighted by Gasteiger charge is 2.15. The number of hydrogen-bond acceptors (Lipinski definition) is 2. The summed E-state index contributed by atoms with van der Waals surface area (Å²) in [5.74, 6) is -1.94. The fraction of sp³-hybridized carbons (Fsp3) is 0.133. The Bertz CT molecular complexity index is 714. The third-order valence-corrected chi connectivity index (χ3v) is 4.67. The summed E-state index contributed by atoms with van der Waals surface area (Å²) in [5, 5.41) is 0.447. The van der Waals surface area contributed by atoms with Gasteiger partial charge in [-0.3, -0.25) is 4.79 Å². The van der Waals surface area contributed by atoms with Crippen LogP contribution in [-0.2, 0) is 4.79 Å². The van der Waals surface area contributed by atoms with E-state index in [1.807, 2.05) is 0 Å². The van der Waals surface area contributed by atoms with Crippen LogP contribution < -0.4 is 4.90 Å². The Kier molecular flexibility index (Phi) is 5.83. The largest absolute Gasteiger partial charge is 0.313 e. The van der Waals surface area contributed by atoms with E-state index in [9.17, 15) is 13.6 Å². The van der Waals surface area contributed by atoms with Crippen LogP contribution in [0.2, 0.25) is 5.02 Å². The van der Waals surface area contributed by atoms with Crippen molar-refractivity contribution in [2.24, 2.45) is 0 Å². The SMILES string of the molecule is CN(C(=O)CSc1ccc(F)c(F)c1)c1ccc(Br)cc1Cl. The van der Waals surface area contributed by atoms with Crippen LogP contribution in [0.4, 0.5) is 14.5 Å². The van der Waals surface area contributed by atoms with Gasteiger partial charge in [0.2, 0.25) is 5.91 Å². The molecule has 0 aliphatic rings. The molecule has 2 aromatic carbocycles. The number of benzene rings is 2. The first-order valence-electron chi connectivity index (χ1n) is 6.18. The topological polar surface area (TPSA) is 20.3 Å². The van der Waals surface area contributed by atoms with Gasteiger partial charge in [-0.2, -0.15) is 0 Å². The van der Waals surface area contributed by atoms with Gasteiger partial charge in [-0.15, -0.1) is 11.8 Å². The maximum Gasteiger partial charge on any atom is 0.237 e. The molecule has 0 spiro atoms. The Hall–Kier alpha value is -1.11. The standard InChI is InChI=1S/C15H11BrClF2NOS/c1-20(14-5-2-9(16)6-11(14)17)15(21)8-22-10-3-4-12(18)13(19)7-10/h2-7H,8H2,1H3. The smallest absolute Gasteiger partial charge is 0.237 e. The zero-order chi connectivity index (χ0) is 16.3. The number of carbonyl (C=O) groups is 1. The van der Waals surface area contributed by atoms with Crippen LogP contribution >= 0.6 is 39.3 Å². The fourth-order valence-electron chi connectivity index (χ4n) is 1.70. The van der Waals surface area contributed by atoms with Crippen LogP contribution in [0.1, 0.15) is 0 Å². The molecule has 2 nitrogen and oxygen atoms in total. The summed E-state index contributed by atoms with van der Waals surface area (Å²) in [5.41, 5.74) is 0.584. The zero-order valence-electron chi connectivity index (χ0n) is 11.4. The molecule has 116 valence electrons. The van der Waals surface area contributed by atoms with Crippen LogP contribution in [0, 0.1) is 11.6 Å². The Morgan fingerprint density at radius 3 is 2.59 bits per heavy atom. The van der Waals surface area contributed by atoms with Gasteiger partial charge < -0.3 is 4.90 Å². The van der Waals surface area contributed by atoms with Crippen LogP contribution in [-0.4, -0.2) is 18.7 Å². The van der Waals surface area contributed by atoms with Crippen LogP contribution in [0.3, 0.4) is 0 Å². The van der Waals surface area contributed by atoms with Crippen molar-refractivity contribution in [1.82, 2.24) is 0 Å². The van der Waals surface area contributed by atoms with Gasteiger partial charge in [-0.25, -0.2) is 8.78 Å². The van der Waals surface area contributed by atoms with Gasteiger partial charge in [0.05, 0.1) is 16.5 Å². The van der Waals surface area contributed by atoms with E-state index in [1.165, 1.54) is 11.0 Å². The lowest BCUT2D eigenvalue weighted by Gasteiger charge is -2.18.